The standard InChI is InChI=1S/C15H14N2O2.C8H8N2O.2C7H5BrN2O.C7H5ClN2O.C7H4F3N3O.2C7H5FN2O/c1-10-5-7-11(8-6-10)9-18-12-3-2-4-13-14(12)15(16)17-19-13;1-5-2-3-7-6(4-5)8(9)10-11-7;8-4-1-2-6-5(3-4)7(9)10-11-6;2*8-4-1-2-5-6(3-4)11-10-7(5)9;8-2-1-6(14-13-7(1)12)4(10)5(11)3(2)9;8-4-1-2-6-5(3-4)7(9)10-11-6;8-4-1-2-5-6(3-4)11-10-7(5)9/h2-8H,9H2,1H3,(H2,16,17);2-4H,1H3,(H2,9,10);3*1-3H,(H2,9,10);11H2,(H2,12,13);2*1-3H,(H2,9,10). The van der Waals surface area contributed by atoms with Crippen molar-refractivity contribution in [1.82, 2.24) is 41.3 Å². The van der Waals surface area contributed by atoms with Crippen molar-refractivity contribution in [1.29, 1.82) is 0 Å². The third kappa shape index (κ3) is 16.5. The molecule has 0 aliphatic rings. The fourth-order valence-corrected chi connectivity index (χ4v) is 9.65. The number of anilines is 9. The van der Waals surface area contributed by atoms with E-state index in [9.17, 15) is 22.0 Å². The number of ether oxygens (including phenoxy) is 1. The molecule has 506 valence electrons. The molecule has 9 aromatic carbocycles. The molecule has 8 aromatic heterocycles. The Morgan fingerprint density at radius 3 is 1.40 bits per heavy atom. The summed E-state index contributed by atoms with van der Waals surface area (Å²) in [6, 6.07) is 44.1. The summed E-state index contributed by atoms with van der Waals surface area (Å²) in [6.45, 7) is 4.55. The molecule has 17 rings (SSSR count). The second-order valence-corrected chi connectivity index (χ2v) is 23.0. The van der Waals surface area contributed by atoms with E-state index in [1.54, 1.807) is 18.2 Å². The van der Waals surface area contributed by atoms with Gasteiger partial charge in [-0.1, -0.05) is 132 Å². The molecule has 0 aliphatic heterocycles. The highest BCUT2D eigenvalue weighted by Crippen LogP contribution is 2.34. The van der Waals surface area contributed by atoms with Crippen molar-refractivity contribution in [3.63, 3.8) is 0 Å². The minimum Gasteiger partial charge on any atom is -0.488 e. The number of fused-ring (bicyclic) bond motifs is 8. The number of benzene rings is 9. The molecule has 8 heterocycles. The van der Waals surface area contributed by atoms with Crippen LogP contribution in [0.3, 0.4) is 0 Å². The van der Waals surface area contributed by atoms with Gasteiger partial charge in [-0.15, -0.1) is 0 Å². The van der Waals surface area contributed by atoms with Gasteiger partial charge in [0.1, 0.15) is 40.5 Å². The number of nitrogens with two attached hydrogens (primary N) is 9. The van der Waals surface area contributed by atoms with E-state index >= 15 is 0 Å². The Kier molecular flexibility index (Phi) is 21.5. The summed E-state index contributed by atoms with van der Waals surface area (Å²) in [4.78, 5) is 0. The third-order valence-corrected chi connectivity index (χ3v) is 15.0. The van der Waals surface area contributed by atoms with Gasteiger partial charge in [0.05, 0.1) is 32.3 Å². The molecule has 17 aromatic rings. The van der Waals surface area contributed by atoms with Gasteiger partial charge in [0.15, 0.2) is 103 Å². The lowest BCUT2D eigenvalue weighted by Crippen LogP contribution is -2.00. The molecular weight excluding hydrogens is 1450 g/mol. The summed E-state index contributed by atoms with van der Waals surface area (Å²) in [6.07, 6.45) is 0. The van der Waals surface area contributed by atoms with E-state index in [0.717, 1.165) is 52.6 Å². The molecule has 26 nitrogen and oxygen atoms in total. The number of nitrogen functional groups attached to an aromatic ring is 9. The number of rotatable bonds is 3. The first-order valence-corrected chi connectivity index (χ1v) is 30.3. The van der Waals surface area contributed by atoms with E-state index in [0.29, 0.717) is 96.6 Å². The highest BCUT2D eigenvalue weighted by Gasteiger charge is 2.24. The van der Waals surface area contributed by atoms with E-state index in [-0.39, 0.29) is 17.5 Å². The predicted molar refractivity (Wildman–Crippen MR) is 372 cm³/mol. The molecule has 0 amide bonds. The lowest BCUT2D eigenvalue weighted by molar-refractivity contribution is 0.310. The Hall–Kier alpha value is -12.4. The average molecular weight is 1500 g/mol. The Labute approximate surface area is 573 Å². The molecule has 0 spiro atoms. The first-order valence-electron chi connectivity index (χ1n) is 28.3. The monoisotopic (exact) mass is 1500 g/mol. The highest BCUT2D eigenvalue weighted by atomic mass is 79.9. The molecule has 0 bridgehead atoms. The van der Waals surface area contributed by atoms with E-state index < -0.39 is 39.9 Å². The number of aryl methyl sites for hydroxylation is 2. The van der Waals surface area contributed by atoms with Crippen LogP contribution in [0.15, 0.2) is 197 Å². The van der Waals surface area contributed by atoms with Crippen LogP contribution in [0.5, 0.6) is 5.75 Å². The van der Waals surface area contributed by atoms with Crippen LogP contribution in [0.2, 0.25) is 5.02 Å². The minimum absolute atomic E-state index is 0.222. The van der Waals surface area contributed by atoms with Gasteiger partial charge < -0.3 is 92.5 Å². The quantitative estimate of drug-likeness (QED) is 0.0450. The largest absolute Gasteiger partial charge is 0.488 e. The Morgan fingerprint density at radius 1 is 0.364 bits per heavy atom. The van der Waals surface area contributed by atoms with Crippen molar-refractivity contribution in [2.45, 2.75) is 20.5 Å². The van der Waals surface area contributed by atoms with Gasteiger partial charge in [-0.2, -0.15) is 0 Å². The molecule has 18 N–H and O–H groups in total. The topological polar surface area (TPSA) is 452 Å². The van der Waals surface area contributed by atoms with Crippen LogP contribution in [0, 0.1) is 42.9 Å². The molecule has 0 unspecified atom stereocenters. The molecule has 0 aliphatic carbocycles. The maximum absolute atomic E-state index is 13.1. The number of hydrogen-bond donors (Lipinski definition) is 9. The fraction of sp³-hybridized carbons (Fsp3) is 0.0462. The van der Waals surface area contributed by atoms with Gasteiger partial charge >= 0.3 is 0 Å². The van der Waals surface area contributed by atoms with Crippen molar-refractivity contribution >= 4 is 183 Å². The molecule has 34 heteroatoms. The molecule has 0 radical (unpaired) electrons. The Bertz CT molecular complexity index is 5300. The van der Waals surface area contributed by atoms with Crippen LogP contribution in [0.4, 0.5) is 74.2 Å². The van der Waals surface area contributed by atoms with Crippen molar-refractivity contribution in [2.75, 3.05) is 51.6 Å². The van der Waals surface area contributed by atoms with Crippen LogP contribution >= 0.6 is 43.5 Å². The lowest BCUT2D eigenvalue weighted by atomic mass is 10.2. The molecular formula is C65H51Br2ClF5N17O9. The highest BCUT2D eigenvalue weighted by molar-refractivity contribution is 9.10. The van der Waals surface area contributed by atoms with Gasteiger partial charge in [-0.3, -0.25) is 0 Å². The summed E-state index contributed by atoms with van der Waals surface area (Å²) >= 11 is 12.3. The smallest absolute Gasteiger partial charge is 0.210 e. The van der Waals surface area contributed by atoms with E-state index in [1.807, 2.05) is 91.9 Å². The summed E-state index contributed by atoms with van der Waals surface area (Å²) in [7, 11) is 0. The maximum Gasteiger partial charge on any atom is 0.210 e. The fourth-order valence-electron chi connectivity index (χ4n) is 8.78. The SMILES string of the molecule is Cc1ccc(COc2cccc3onc(N)c23)cc1.Cc1ccc2onc(N)c2c1.Nc1c(F)c(F)c2c(N)noc2c1F.Nc1noc2cc(Br)ccc12.Nc1noc2cc(Cl)ccc12.Nc1noc2cc(F)ccc12.Nc1noc2ccc(Br)cc12.Nc1noc2ccc(F)cc12. The van der Waals surface area contributed by atoms with Gasteiger partial charge in [0.2, 0.25) is 5.58 Å². The number of halogens is 8. The zero-order valence-electron chi connectivity index (χ0n) is 51.1. The van der Waals surface area contributed by atoms with Crippen LogP contribution < -0.4 is 56.3 Å². The van der Waals surface area contributed by atoms with E-state index in [4.69, 9.17) is 99.6 Å². The van der Waals surface area contributed by atoms with Gasteiger partial charge in [0, 0.05) is 26.1 Å². The zero-order valence-corrected chi connectivity index (χ0v) is 55.0. The number of aromatic nitrogens is 8. The second-order valence-electron chi connectivity index (χ2n) is 20.7. The van der Waals surface area contributed by atoms with E-state index in [1.165, 1.54) is 42.0 Å². The molecule has 0 fully saturated rings. The summed E-state index contributed by atoms with van der Waals surface area (Å²) in [5.41, 5.74) is 54.9. The Morgan fingerprint density at radius 2 is 0.788 bits per heavy atom. The predicted octanol–water partition coefficient (Wildman–Crippen LogP) is 15.9. The molecule has 99 heavy (non-hydrogen) atoms. The average Bonchev–Trinajstić information content (AvgIpc) is 1.73. The normalized spacial score (nSPS) is 10.7. The Balaban J connectivity index is 0.000000123. The van der Waals surface area contributed by atoms with Crippen molar-refractivity contribution in [3.05, 3.63) is 211 Å². The van der Waals surface area contributed by atoms with Crippen molar-refractivity contribution < 1.29 is 62.9 Å². The summed E-state index contributed by atoms with van der Waals surface area (Å²) < 4.78 is 111. The summed E-state index contributed by atoms with van der Waals surface area (Å²) in [5.74, 6) is -1.89. The van der Waals surface area contributed by atoms with E-state index in [2.05, 4.69) is 96.7 Å². The second kappa shape index (κ2) is 30.6. The molecule has 0 saturated carbocycles. The van der Waals surface area contributed by atoms with Gasteiger partial charge in [-0.05, 0) is 123 Å². The van der Waals surface area contributed by atoms with Gasteiger partial charge in [0.25, 0.3) is 0 Å². The van der Waals surface area contributed by atoms with Crippen LogP contribution in [0.1, 0.15) is 16.7 Å². The lowest BCUT2D eigenvalue weighted by Gasteiger charge is -2.07. The number of nitrogens with zero attached hydrogens (tertiary/aromatic N) is 8. The van der Waals surface area contributed by atoms with Crippen LogP contribution in [-0.4, -0.2) is 41.3 Å². The first kappa shape index (κ1) is 69.5. The molecule has 0 saturated heterocycles. The zero-order chi connectivity index (χ0) is 70.8. The van der Waals surface area contributed by atoms with Crippen molar-refractivity contribution in [3.8, 4) is 5.75 Å². The summed E-state index contributed by atoms with van der Waals surface area (Å²) in [5, 5.41) is 33.6. The van der Waals surface area contributed by atoms with Crippen LogP contribution in [0.25, 0.3) is 87.8 Å². The van der Waals surface area contributed by atoms with Crippen molar-refractivity contribution in [2.24, 2.45) is 0 Å². The van der Waals surface area contributed by atoms with Crippen LogP contribution in [-0.2, 0) is 6.61 Å². The minimum atomic E-state index is -1.50. The maximum atomic E-state index is 13.1. The number of hydrogen-bond acceptors (Lipinski definition) is 26. The molecule has 0 atom stereocenters. The first-order chi connectivity index (χ1) is 47.4. The third-order valence-electron chi connectivity index (χ3n) is 13.8. The van der Waals surface area contributed by atoms with Gasteiger partial charge in [-0.25, -0.2) is 22.0 Å².